The van der Waals surface area contributed by atoms with Crippen LogP contribution in [0, 0.1) is 0 Å². The summed E-state index contributed by atoms with van der Waals surface area (Å²) in [6.45, 7) is 5.19. The van der Waals surface area contributed by atoms with Crippen molar-refractivity contribution in [2.24, 2.45) is 0 Å². The lowest BCUT2D eigenvalue weighted by Gasteiger charge is -2.17. The topological polar surface area (TPSA) is 71.4 Å². The van der Waals surface area contributed by atoms with E-state index >= 15 is 0 Å². The van der Waals surface area contributed by atoms with Gasteiger partial charge in [-0.25, -0.2) is 0 Å². The highest BCUT2D eigenvalue weighted by atomic mass is 16.3. The van der Waals surface area contributed by atoms with Crippen molar-refractivity contribution in [2.45, 2.75) is 33.3 Å². The zero-order chi connectivity index (χ0) is 12.5. The van der Waals surface area contributed by atoms with Gasteiger partial charge in [0.1, 0.15) is 0 Å². The van der Waals surface area contributed by atoms with Crippen LogP contribution >= 0.6 is 0 Å². The lowest BCUT2D eigenvalue weighted by atomic mass is 9.85. The fourth-order valence-electron chi connectivity index (χ4n) is 1.47. The first-order valence-corrected chi connectivity index (χ1v) is 5.00. The summed E-state index contributed by atoms with van der Waals surface area (Å²) in [6, 6.07) is 0. The van der Waals surface area contributed by atoms with Crippen molar-refractivity contribution in [1.29, 1.82) is 0 Å². The van der Waals surface area contributed by atoms with E-state index in [1.54, 1.807) is 6.08 Å². The molecule has 0 saturated carbocycles. The van der Waals surface area contributed by atoms with Crippen LogP contribution in [0.1, 0.15) is 27.2 Å². The number of rotatable bonds is 2. The Morgan fingerprint density at radius 2 is 1.81 bits per heavy atom. The molecule has 1 atom stereocenters. The van der Waals surface area contributed by atoms with E-state index in [2.05, 4.69) is 0 Å². The van der Waals surface area contributed by atoms with E-state index in [1.165, 1.54) is 6.92 Å². The molecular weight excluding hydrogens is 208 g/mol. The normalized spacial score (nSPS) is 21.5. The Kier molecular flexibility index (Phi) is 3.55. The Morgan fingerprint density at radius 1 is 1.25 bits per heavy atom. The molecule has 0 aliphatic heterocycles. The first-order valence-electron chi connectivity index (χ1n) is 5.00. The summed E-state index contributed by atoms with van der Waals surface area (Å²) in [5.74, 6) is -2.43. The van der Waals surface area contributed by atoms with Gasteiger partial charge in [0.05, 0.1) is 0 Å². The number of carbonyl (C=O) groups is 3. The molecule has 0 aromatic carbocycles. The number of hydrogen-bond acceptors (Lipinski definition) is 4. The minimum atomic E-state index is -1.80. The third-order valence-electron chi connectivity index (χ3n) is 2.53. The van der Waals surface area contributed by atoms with Crippen molar-refractivity contribution in [1.82, 2.24) is 0 Å². The summed E-state index contributed by atoms with van der Waals surface area (Å²) in [4.78, 5) is 34.3. The smallest absolute Gasteiger partial charge is 0.239 e. The van der Waals surface area contributed by atoms with E-state index in [0.29, 0.717) is 0 Å². The summed E-state index contributed by atoms with van der Waals surface area (Å²) in [7, 11) is 0. The second-order valence-corrected chi connectivity index (χ2v) is 4.05. The number of carbonyl (C=O) groups excluding carboxylic acids is 3. The third kappa shape index (κ3) is 2.17. The van der Waals surface area contributed by atoms with Crippen molar-refractivity contribution >= 4 is 17.3 Å². The number of allylic oxidation sites excluding steroid dienone is 3. The van der Waals surface area contributed by atoms with Crippen LogP contribution in [0.25, 0.3) is 0 Å². The highest BCUT2D eigenvalue weighted by molar-refractivity contribution is 6.52. The molecule has 0 spiro atoms. The molecule has 86 valence electrons. The van der Waals surface area contributed by atoms with Crippen LogP contribution in [-0.4, -0.2) is 28.6 Å². The van der Waals surface area contributed by atoms with Gasteiger partial charge in [-0.1, -0.05) is 11.6 Å². The van der Waals surface area contributed by atoms with Crippen LogP contribution in [0.15, 0.2) is 22.8 Å². The second-order valence-electron chi connectivity index (χ2n) is 4.05. The van der Waals surface area contributed by atoms with Crippen LogP contribution in [0.2, 0.25) is 0 Å². The molecule has 1 aliphatic carbocycles. The average Bonchev–Trinajstić information content (AvgIpc) is 2.23. The molecule has 1 N–H and O–H groups in total. The van der Waals surface area contributed by atoms with Crippen molar-refractivity contribution < 1.29 is 19.5 Å². The first-order chi connectivity index (χ1) is 7.36. The fraction of sp³-hybridized carbons (Fsp3) is 0.417. The van der Waals surface area contributed by atoms with E-state index in [9.17, 15) is 19.5 Å². The van der Waals surface area contributed by atoms with Gasteiger partial charge in [0.2, 0.25) is 11.6 Å². The molecule has 4 nitrogen and oxygen atoms in total. The van der Waals surface area contributed by atoms with E-state index in [1.807, 2.05) is 13.8 Å². The maximum absolute atomic E-state index is 11.6. The Morgan fingerprint density at radius 3 is 2.31 bits per heavy atom. The largest absolute Gasteiger partial charge is 0.377 e. The highest BCUT2D eigenvalue weighted by Crippen LogP contribution is 2.20. The fourth-order valence-corrected chi connectivity index (χ4v) is 1.47. The number of hydrogen-bond donors (Lipinski definition) is 1. The van der Waals surface area contributed by atoms with Gasteiger partial charge < -0.3 is 5.11 Å². The van der Waals surface area contributed by atoms with Crippen LogP contribution in [-0.2, 0) is 14.4 Å². The predicted octanol–water partition coefficient (Wildman–Crippen LogP) is 0.741. The molecule has 0 saturated heterocycles. The van der Waals surface area contributed by atoms with E-state index in [0.717, 1.165) is 5.57 Å². The molecule has 0 fully saturated rings. The molecule has 16 heavy (non-hydrogen) atoms. The zero-order valence-electron chi connectivity index (χ0n) is 9.53. The second kappa shape index (κ2) is 4.53. The maximum atomic E-state index is 11.6. The highest BCUT2D eigenvalue weighted by Gasteiger charge is 2.38. The third-order valence-corrected chi connectivity index (χ3v) is 2.53. The van der Waals surface area contributed by atoms with E-state index in [-0.39, 0.29) is 17.6 Å². The van der Waals surface area contributed by atoms with E-state index in [4.69, 9.17) is 0 Å². The molecule has 1 rings (SSSR count). The van der Waals surface area contributed by atoms with Gasteiger partial charge in [-0.05, 0) is 27.2 Å². The van der Waals surface area contributed by atoms with Crippen molar-refractivity contribution in [3.63, 3.8) is 0 Å². The molecule has 4 heteroatoms. The molecular formula is C12H14O4. The lowest BCUT2D eigenvalue weighted by molar-refractivity contribution is -0.145. The van der Waals surface area contributed by atoms with E-state index < -0.39 is 23.5 Å². The van der Waals surface area contributed by atoms with Crippen LogP contribution < -0.4 is 0 Å². The molecule has 0 aromatic rings. The Bertz CT molecular complexity index is 422. The standard InChI is InChI=1S/C12H14O4/c1-6(2)4-5-8-7(3)9(13)11(15)12(16)10(8)14/h4,11,15H,5H2,1-3H3. The van der Waals surface area contributed by atoms with Crippen LogP contribution in [0.3, 0.4) is 0 Å². The minimum absolute atomic E-state index is 0.189. The summed E-state index contributed by atoms with van der Waals surface area (Å²) < 4.78 is 0. The summed E-state index contributed by atoms with van der Waals surface area (Å²) in [5, 5.41) is 9.21. The van der Waals surface area contributed by atoms with Gasteiger partial charge in [-0.3, -0.25) is 14.4 Å². The molecule has 0 radical (unpaired) electrons. The molecule has 0 aromatic heterocycles. The van der Waals surface area contributed by atoms with Gasteiger partial charge in [-0.15, -0.1) is 0 Å². The van der Waals surface area contributed by atoms with Gasteiger partial charge in [0, 0.05) is 11.1 Å². The number of aliphatic hydroxyl groups excluding tert-OH is 1. The molecule has 1 aliphatic rings. The van der Waals surface area contributed by atoms with Gasteiger partial charge in [-0.2, -0.15) is 0 Å². The predicted molar refractivity (Wildman–Crippen MR) is 57.8 cm³/mol. The number of Topliss-reactive ketones (excluding diaryl/α,β-unsaturated/α-hetero) is 3. The molecule has 0 bridgehead atoms. The molecule has 0 heterocycles. The molecule has 0 amide bonds. The monoisotopic (exact) mass is 222 g/mol. The SMILES string of the molecule is CC(C)=CCC1=C(C)C(=O)C(O)C(=O)C1=O. The van der Waals surface area contributed by atoms with Crippen molar-refractivity contribution in [3.8, 4) is 0 Å². The van der Waals surface area contributed by atoms with Gasteiger partial charge >= 0.3 is 0 Å². The number of aliphatic hydroxyl groups is 1. The van der Waals surface area contributed by atoms with Crippen molar-refractivity contribution in [2.75, 3.05) is 0 Å². The Balaban J connectivity index is 3.14. The molecule has 1 unspecified atom stereocenters. The lowest BCUT2D eigenvalue weighted by Crippen LogP contribution is -2.41. The Hall–Kier alpha value is -1.55. The van der Waals surface area contributed by atoms with Gasteiger partial charge in [0.25, 0.3) is 0 Å². The maximum Gasteiger partial charge on any atom is 0.239 e. The van der Waals surface area contributed by atoms with Gasteiger partial charge in [0.15, 0.2) is 11.9 Å². The zero-order valence-corrected chi connectivity index (χ0v) is 9.53. The van der Waals surface area contributed by atoms with Crippen molar-refractivity contribution in [3.05, 3.63) is 22.8 Å². The van der Waals surface area contributed by atoms with Crippen LogP contribution in [0.5, 0.6) is 0 Å². The summed E-state index contributed by atoms with van der Waals surface area (Å²) in [5.41, 5.74) is 1.38. The van der Waals surface area contributed by atoms with Crippen LogP contribution in [0.4, 0.5) is 0 Å². The first kappa shape index (κ1) is 12.5. The minimum Gasteiger partial charge on any atom is -0.377 e. The summed E-state index contributed by atoms with van der Waals surface area (Å²) in [6.07, 6.45) is 0.231. The quantitative estimate of drug-likeness (QED) is 0.425. The number of ketones is 3. The Labute approximate surface area is 93.6 Å². The average molecular weight is 222 g/mol. The summed E-state index contributed by atoms with van der Waals surface area (Å²) >= 11 is 0.